The molecule has 0 amide bonds. The smallest absolute Gasteiger partial charge is 0.335 e. The molecule has 1 aromatic heterocycles. The second-order valence-corrected chi connectivity index (χ2v) is 9.05. The summed E-state index contributed by atoms with van der Waals surface area (Å²) in [7, 11) is 0. The molecule has 3 aromatic carbocycles. The first-order valence-electron chi connectivity index (χ1n) is 11.2. The fraction of sp³-hybridized carbons (Fsp3) is 0.185. The molecule has 178 valence electrons. The van der Waals surface area contributed by atoms with Gasteiger partial charge in [0.1, 0.15) is 18.2 Å². The second-order valence-electron chi connectivity index (χ2n) is 8.13. The van der Waals surface area contributed by atoms with E-state index in [1.54, 1.807) is 36.5 Å². The van der Waals surface area contributed by atoms with Crippen molar-refractivity contribution in [1.29, 1.82) is 0 Å². The minimum Gasteiger partial charge on any atom is -0.488 e. The second kappa shape index (κ2) is 10.7. The fourth-order valence-electron chi connectivity index (χ4n) is 3.57. The Morgan fingerprint density at radius 2 is 1.97 bits per heavy atom. The van der Waals surface area contributed by atoms with Gasteiger partial charge < -0.3 is 9.84 Å². The molecule has 0 radical (unpaired) electrons. The zero-order valence-electron chi connectivity index (χ0n) is 19.3. The first-order chi connectivity index (χ1) is 16.9. The highest BCUT2D eigenvalue weighted by Gasteiger charge is 2.16. The quantitative estimate of drug-likeness (QED) is 0.287. The maximum absolute atomic E-state index is 13.3. The van der Waals surface area contributed by atoms with Crippen molar-refractivity contribution in [3.05, 3.63) is 104 Å². The van der Waals surface area contributed by atoms with E-state index in [2.05, 4.69) is 21.0 Å². The highest BCUT2D eigenvalue weighted by molar-refractivity contribution is 9.10. The minimum absolute atomic E-state index is 0.0286. The fourth-order valence-corrected chi connectivity index (χ4v) is 3.93. The van der Waals surface area contributed by atoms with Gasteiger partial charge >= 0.3 is 5.97 Å². The van der Waals surface area contributed by atoms with Crippen LogP contribution in [0.15, 0.2) is 81.1 Å². The first-order valence-corrected chi connectivity index (χ1v) is 12.0. The van der Waals surface area contributed by atoms with Crippen LogP contribution in [-0.4, -0.2) is 27.0 Å². The molecular formula is C27H24BrN3O4. The van der Waals surface area contributed by atoms with Gasteiger partial charge in [0, 0.05) is 16.0 Å². The molecule has 8 heteroatoms. The molecule has 0 aliphatic rings. The molecule has 0 fully saturated rings. The Morgan fingerprint density at radius 3 is 2.74 bits per heavy atom. The van der Waals surface area contributed by atoms with E-state index in [4.69, 9.17) is 9.72 Å². The molecule has 0 aliphatic carbocycles. The van der Waals surface area contributed by atoms with Crippen LogP contribution in [0.3, 0.4) is 0 Å². The maximum atomic E-state index is 13.3. The highest BCUT2D eigenvalue weighted by Crippen LogP contribution is 2.22. The number of ether oxygens (including phenoxy) is 1. The molecule has 0 spiro atoms. The summed E-state index contributed by atoms with van der Waals surface area (Å²) in [6, 6.07) is 19.4. The van der Waals surface area contributed by atoms with Gasteiger partial charge in [0.25, 0.3) is 5.56 Å². The molecule has 1 N–H and O–H groups in total. The van der Waals surface area contributed by atoms with Gasteiger partial charge in [-0.2, -0.15) is 9.78 Å². The lowest BCUT2D eigenvalue weighted by Crippen LogP contribution is -2.23. The standard InChI is InChI=1S/C27H24BrN3O4/c1-3-17(2)25-30-23-12-11-21(28)14-22(23)26(32)31(25)29-15-20-8-4-5-10-24(20)35-16-18-7-6-9-19(13-18)27(33)34/h4-15,17H,3,16H2,1-2H3,(H,33,34)/t17-/m0/s1. The number of para-hydroxylation sites is 1. The zero-order chi connectivity index (χ0) is 24.9. The number of benzene rings is 3. The third kappa shape index (κ3) is 5.49. The Morgan fingerprint density at radius 1 is 1.17 bits per heavy atom. The maximum Gasteiger partial charge on any atom is 0.335 e. The van der Waals surface area contributed by atoms with Crippen LogP contribution in [0.4, 0.5) is 0 Å². The molecule has 0 saturated carbocycles. The third-order valence-corrected chi connectivity index (χ3v) is 6.18. The topological polar surface area (TPSA) is 93.8 Å². The Bertz CT molecular complexity index is 1480. The van der Waals surface area contributed by atoms with Crippen LogP contribution in [0.25, 0.3) is 10.9 Å². The van der Waals surface area contributed by atoms with Crippen LogP contribution in [0.5, 0.6) is 5.75 Å². The number of hydrogen-bond donors (Lipinski definition) is 1. The number of nitrogens with zero attached hydrogens (tertiary/aromatic N) is 3. The molecule has 0 unspecified atom stereocenters. The van der Waals surface area contributed by atoms with E-state index in [9.17, 15) is 14.7 Å². The normalized spacial score (nSPS) is 12.2. The van der Waals surface area contributed by atoms with Crippen LogP contribution < -0.4 is 10.3 Å². The van der Waals surface area contributed by atoms with Crippen molar-refractivity contribution in [2.24, 2.45) is 5.10 Å². The number of hydrogen-bond acceptors (Lipinski definition) is 5. The molecule has 7 nitrogen and oxygen atoms in total. The van der Waals surface area contributed by atoms with Crippen molar-refractivity contribution >= 4 is 39.0 Å². The van der Waals surface area contributed by atoms with Crippen molar-refractivity contribution in [1.82, 2.24) is 9.66 Å². The highest BCUT2D eigenvalue weighted by atomic mass is 79.9. The summed E-state index contributed by atoms with van der Waals surface area (Å²) >= 11 is 3.42. The van der Waals surface area contributed by atoms with Crippen molar-refractivity contribution in [2.45, 2.75) is 32.8 Å². The largest absolute Gasteiger partial charge is 0.488 e. The van der Waals surface area contributed by atoms with E-state index >= 15 is 0 Å². The van der Waals surface area contributed by atoms with Crippen molar-refractivity contribution in [3.63, 3.8) is 0 Å². The summed E-state index contributed by atoms with van der Waals surface area (Å²) in [4.78, 5) is 29.3. The summed E-state index contributed by atoms with van der Waals surface area (Å²) in [6.07, 6.45) is 2.39. The van der Waals surface area contributed by atoms with Gasteiger partial charge in [-0.05, 0) is 54.4 Å². The van der Waals surface area contributed by atoms with Crippen LogP contribution in [0.2, 0.25) is 0 Å². The van der Waals surface area contributed by atoms with Gasteiger partial charge in [0.05, 0.1) is 22.7 Å². The van der Waals surface area contributed by atoms with Gasteiger partial charge in [-0.1, -0.05) is 54.0 Å². The Kier molecular flexibility index (Phi) is 7.41. The number of carboxylic acids is 1. The van der Waals surface area contributed by atoms with Gasteiger partial charge in [0.15, 0.2) is 0 Å². The van der Waals surface area contributed by atoms with Crippen molar-refractivity contribution < 1.29 is 14.6 Å². The Labute approximate surface area is 210 Å². The van der Waals surface area contributed by atoms with Gasteiger partial charge in [0.2, 0.25) is 0 Å². The van der Waals surface area contributed by atoms with Crippen molar-refractivity contribution in [3.8, 4) is 5.75 Å². The first kappa shape index (κ1) is 24.3. The lowest BCUT2D eigenvalue weighted by Gasteiger charge is -2.14. The summed E-state index contributed by atoms with van der Waals surface area (Å²) in [5, 5.41) is 14.2. The lowest BCUT2D eigenvalue weighted by molar-refractivity contribution is 0.0696. The number of fused-ring (bicyclic) bond motifs is 1. The molecule has 4 aromatic rings. The summed E-state index contributed by atoms with van der Waals surface area (Å²) < 4.78 is 8.12. The molecule has 1 atom stereocenters. The Hall–Kier alpha value is -3.78. The number of aromatic carboxylic acids is 1. The Balaban J connectivity index is 1.68. The van der Waals surface area contributed by atoms with Crippen LogP contribution in [-0.2, 0) is 6.61 Å². The molecule has 0 bridgehead atoms. The van der Waals surface area contributed by atoms with Crippen molar-refractivity contribution in [2.75, 3.05) is 0 Å². The summed E-state index contributed by atoms with van der Waals surface area (Å²) in [5.74, 6) is 0.193. The zero-order valence-corrected chi connectivity index (χ0v) is 20.9. The molecule has 1 heterocycles. The third-order valence-electron chi connectivity index (χ3n) is 5.69. The van der Waals surface area contributed by atoms with E-state index in [0.717, 1.165) is 16.5 Å². The number of aromatic nitrogens is 2. The number of halogens is 1. The van der Waals surface area contributed by atoms with E-state index < -0.39 is 5.97 Å². The van der Waals surface area contributed by atoms with Gasteiger partial charge in [-0.15, -0.1) is 0 Å². The minimum atomic E-state index is -0.988. The predicted octanol–water partition coefficient (Wildman–Crippen LogP) is 5.83. The average Bonchev–Trinajstić information content (AvgIpc) is 2.87. The van der Waals surface area contributed by atoms with Gasteiger partial charge in [-0.25, -0.2) is 9.78 Å². The number of carboxylic acid groups (broad SMARTS) is 1. The monoisotopic (exact) mass is 533 g/mol. The van der Waals surface area contributed by atoms with E-state index in [-0.39, 0.29) is 23.6 Å². The number of carbonyl (C=O) groups is 1. The molecule has 0 saturated heterocycles. The summed E-state index contributed by atoms with van der Waals surface area (Å²) in [6.45, 7) is 4.25. The average molecular weight is 534 g/mol. The molecule has 0 aliphatic heterocycles. The van der Waals surface area contributed by atoms with Crippen LogP contribution in [0, 0.1) is 0 Å². The van der Waals surface area contributed by atoms with Crippen LogP contribution >= 0.6 is 15.9 Å². The molecule has 35 heavy (non-hydrogen) atoms. The predicted molar refractivity (Wildman–Crippen MR) is 140 cm³/mol. The SMILES string of the molecule is CC[C@H](C)c1nc2ccc(Br)cc2c(=O)n1N=Cc1ccccc1OCc1cccc(C(=O)O)c1. The number of rotatable bonds is 8. The summed E-state index contributed by atoms with van der Waals surface area (Å²) in [5.41, 5.74) is 2.00. The molecule has 4 rings (SSSR count). The van der Waals surface area contributed by atoms with E-state index in [0.29, 0.717) is 28.0 Å². The van der Waals surface area contributed by atoms with Gasteiger partial charge in [-0.3, -0.25) is 4.79 Å². The van der Waals surface area contributed by atoms with E-state index in [1.165, 1.54) is 10.7 Å². The van der Waals surface area contributed by atoms with E-state index in [1.807, 2.05) is 44.2 Å². The lowest BCUT2D eigenvalue weighted by atomic mass is 10.1. The van der Waals surface area contributed by atoms with Crippen LogP contribution in [0.1, 0.15) is 53.5 Å². The molecular weight excluding hydrogens is 510 g/mol.